The summed E-state index contributed by atoms with van der Waals surface area (Å²) in [6, 6.07) is 5.32. The number of benzene rings is 1. The Hall–Kier alpha value is -2.41. The molecule has 4 heteroatoms. The molecule has 0 aliphatic rings. The minimum atomic E-state index is -0.0626. The zero-order valence-corrected chi connectivity index (χ0v) is 10.8. The van der Waals surface area contributed by atoms with E-state index >= 15 is 0 Å². The van der Waals surface area contributed by atoms with Crippen LogP contribution in [-0.2, 0) is 0 Å². The maximum atomic E-state index is 12.4. The van der Waals surface area contributed by atoms with Gasteiger partial charge in [0.2, 0.25) is 0 Å². The molecule has 4 nitrogen and oxygen atoms in total. The first kappa shape index (κ1) is 13.0. The molecule has 96 valence electrons. The molecule has 0 N–H and O–H groups in total. The Morgan fingerprint density at radius 2 is 2.05 bits per heavy atom. The number of rotatable bonds is 4. The Kier molecular flexibility index (Phi) is 4.09. The van der Waals surface area contributed by atoms with Gasteiger partial charge in [0, 0.05) is 24.5 Å². The number of nitrogens with zero attached hydrogens (tertiary/aromatic N) is 3. The van der Waals surface area contributed by atoms with Crippen molar-refractivity contribution >= 4 is 16.9 Å². The summed E-state index contributed by atoms with van der Waals surface area (Å²) in [6.45, 7) is 3.00. The second-order valence-corrected chi connectivity index (χ2v) is 4.19. The van der Waals surface area contributed by atoms with Gasteiger partial charge in [-0.15, -0.1) is 6.42 Å². The Morgan fingerprint density at radius 1 is 1.32 bits per heavy atom. The van der Waals surface area contributed by atoms with E-state index in [1.807, 2.05) is 6.92 Å². The van der Waals surface area contributed by atoms with Gasteiger partial charge >= 0.3 is 0 Å². The summed E-state index contributed by atoms with van der Waals surface area (Å²) in [4.78, 5) is 22.4. The van der Waals surface area contributed by atoms with E-state index in [0.29, 0.717) is 24.2 Å². The van der Waals surface area contributed by atoms with E-state index in [2.05, 4.69) is 15.9 Å². The molecular formula is C15H15N3O. The van der Waals surface area contributed by atoms with Crippen LogP contribution in [0, 0.1) is 12.3 Å². The van der Waals surface area contributed by atoms with Gasteiger partial charge < -0.3 is 4.90 Å². The number of carbonyl (C=O) groups is 1. The molecule has 0 saturated heterocycles. The normalized spacial score (nSPS) is 10.1. The van der Waals surface area contributed by atoms with Crippen LogP contribution in [0.3, 0.4) is 0 Å². The van der Waals surface area contributed by atoms with Crippen molar-refractivity contribution in [3.05, 3.63) is 36.2 Å². The average molecular weight is 253 g/mol. The molecule has 2 rings (SSSR count). The van der Waals surface area contributed by atoms with Crippen molar-refractivity contribution < 1.29 is 4.79 Å². The summed E-state index contributed by atoms with van der Waals surface area (Å²) in [5.41, 5.74) is 2.08. The van der Waals surface area contributed by atoms with E-state index in [0.717, 1.165) is 11.9 Å². The summed E-state index contributed by atoms with van der Waals surface area (Å²) in [5, 5.41) is 0. The molecule has 2 aromatic rings. The van der Waals surface area contributed by atoms with Crippen LogP contribution in [0.15, 0.2) is 30.6 Å². The van der Waals surface area contributed by atoms with Gasteiger partial charge in [0.1, 0.15) is 0 Å². The molecule has 0 bridgehead atoms. The van der Waals surface area contributed by atoms with Crippen molar-refractivity contribution in [2.24, 2.45) is 0 Å². The van der Waals surface area contributed by atoms with Crippen LogP contribution < -0.4 is 0 Å². The van der Waals surface area contributed by atoms with Crippen LogP contribution in [0.25, 0.3) is 11.0 Å². The number of aromatic nitrogens is 2. The van der Waals surface area contributed by atoms with E-state index in [1.165, 1.54) is 0 Å². The molecule has 19 heavy (non-hydrogen) atoms. The Labute approximate surface area is 112 Å². The fraction of sp³-hybridized carbons (Fsp3) is 0.267. The highest BCUT2D eigenvalue weighted by Gasteiger charge is 2.14. The number of hydrogen-bond acceptors (Lipinski definition) is 3. The van der Waals surface area contributed by atoms with Gasteiger partial charge in [0.05, 0.1) is 17.6 Å². The fourth-order valence-corrected chi connectivity index (χ4v) is 1.91. The molecule has 0 radical (unpaired) electrons. The minimum Gasteiger partial charge on any atom is -0.328 e. The quantitative estimate of drug-likeness (QED) is 0.784. The van der Waals surface area contributed by atoms with Crippen LogP contribution in [0.1, 0.15) is 23.7 Å². The van der Waals surface area contributed by atoms with Crippen molar-refractivity contribution in [2.75, 3.05) is 13.1 Å². The standard InChI is InChI=1S/C15H15N3O/c1-3-9-18(10-4-2)15(19)12-5-6-13-14(11-12)17-8-7-16-13/h1,5-8,11H,4,9-10H2,2H3. The van der Waals surface area contributed by atoms with Crippen LogP contribution >= 0.6 is 0 Å². The van der Waals surface area contributed by atoms with Gasteiger partial charge in [0.15, 0.2) is 0 Å². The van der Waals surface area contributed by atoms with Gasteiger partial charge in [0.25, 0.3) is 5.91 Å². The first-order valence-electron chi connectivity index (χ1n) is 6.19. The Balaban J connectivity index is 2.32. The third kappa shape index (κ3) is 2.89. The Bertz CT molecular complexity index is 631. The highest BCUT2D eigenvalue weighted by Crippen LogP contribution is 2.13. The van der Waals surface area contributed by atoms with Crippen molar-refractivity contribution in [1.29, 1.82) is 0 Å². The lowest BCUT2D eigenvalue weighted by Crippen LogP contribution is -2.32. The van der Waals surface area contributed by atoms with Gasteiger partial charge in [-0.1, -0.05) is 12.8 Å². The average Bonchev–Trinajstić information content (AvgIpc) is 2.46. The fourth-order valence-electron chi connectivity index (χ4n) is 1.91. The second-order valence-electron chi connectivity index (χ2n) is 4.19. The van der Waals surface area contributed by atoms with E-state index in [1.54, 1.807) is 35.5 Å². The summed E-state index contributed by atoms with van der Waals surface area (Å²) in [5.74, 6) is 2.45. The minimum absolute atomic E-state index is 0.0626. The van der Waals surface area contributed by atoms with Crippen LogP contribution in [0.5, 0.6) is 0 Å². The SMILES string of the molecule is C#CCN(CCC)C(=O)c1ccc2nccnc2c1. The predicted molar refractivity (Wildman–Crippen MR) is 74.6 cm³/mol. The summed E-state index contributed by atoms with van der Waals surface area (Å²) in [6.07, 6.45) is 9.42. The molecule has 1 amide bonds. The Morgan fingerprint density at radius 3 is 2.74 bits per heavy atom. The van der Waals surface area contributed by atoms with Gasteiger partial charge in [-0.3, -0.25) is 14.8 Å². The summed E-state index contributed by atoms with van der Waals surface area (Å²) >= 11 is 0. The number of fused-ring (bicyclic) bond motifs is 1. The monoisotopic (exact) mass is 253 g/mol. The molecule has 0 aliphatic carbocycles. The van der Waals surface area contributed by atoms with Crippen molar-refractivity contribution in [1.82, 2.24) is 14.9 Å². The molecule has 0 unspecified atom stereocenters. The summed E-state index contributed by atoms with van der Waals surface area (Å²) < 4.78 is 0. The van der Waals surface area contributed by atoms with Gasteiger partial charge in [-0.05, 0) is 24.6 Å². The molecular weight excluding hydrogens is 238 g/mol. The molecule has 1 aromatic heterocycles. The predicted octanol–water partition coefficient (Wildman–Crippen LogP) is 2.12. The van der Waals surface area contributed by atoms with E-state index < -0.39 is 0 Å². The molecule has 1 aromatic carbocycles. The number of amides is 1. The maximum absolute atomic E-state index is 12.4. The molecule has 0 atom stereocenters. The zero-order chi connectivity index (χ0) is 13.7. The lowest BCUT2D eigenvalue weighted by atomic mass is 10.1. The number of carbonyl (C=O) groups excluding carboxylic acids is 1. The second kappa shape index (κ2) is 5.96. The number of hydrogen-bond donors (Lipinski definition) is 0. The van der Waals surface area contributed by atoms with Crippen LogP contribution in [0.2, 0.25) is 0 Å². The third-order valence-electron chi connectivity index (χ3n) is 2.78. The first-order valence-corrected chi connectivity index (χ1v) is 6.19. The van der Waals surface area contributed by atoms with Crippen molar-refractivity contribution in [3.8, 4) is 12.3 Å². The largest absolute Gasteiger partial charge is 0.328 e. The zero-order valence-electron chi connectivity index (χ0n) is 10.8. The third-order valence-corrected chi connectivity index (χ3v) is 2.78. The van der Waals surface area contributed by atoms with Crippen molar-refractivity contribution in [2.45, 2.75) is 13.3 Å². The van der Waals surface area contributed by atoms with Crippen LogP contribution in [0.4, 0.5) is 0 Å². The molecule has 1 heterocycles. The molecule has 0 saturated carbocycles. The highest BCUT2D eigenvalue weighted by molar-refractivity contribution is 5.97. The van der Waals surface area contributed by atoms with Gasteiger partial charge in [-0.25, -0.2) is 0 Å². The lowest BCUT2D eigenvalue weighted by molar-refractivity contribution is 0.0777. The number of terminal acetylenes is 1. The first-order chi connectivity index (χ1) is 9.26. The van der Waals surface area contributed by atoms with E-state index in [9.17, 15) is 4.79 Å². The van der Waals surface area contributed by atoms with Crippen molar-refractivity contribution in [3.63, 3.8) is 0 Å². The molecule has 0 fully saturated rings. The highest BCUT2D eigenvalue weighted by atomic mass is 16.2. The topological polar surface area (TPSA) is 46.1 Å². The van der Waals surface area contributed by atoms with E-state index in [4.69, 9.17) is 6.42 Å². The maximum Gasteiger partial charge on any atom is 0.254 e. The van der Waals surface area contributed by atoms with Gasteiger partial charge in [-0.2, -0.15) is 0 Å². The van der Waals surface area contributed by atoms with Crippen LogP contribution in [-0.4, -0.2) is 33.9 Å². The smallest absolute Gasteiger partial charge is 0.254 e. The van der Waals surface area contributed by atoms with E-state index in [-0.39, 0.29) is 5.91 Å². The molecule has 0 spiro atoms. The summed E-state index contributed by atoms with van der Waals surface area (Å²) in [7, 11) is 0. The lowest BCUT2D eigenvalue weighted by Gasteiger charge is -2.19. The molecule has 0 aliphatic heterocycles.